The fourth-order valence-electron chi connectivity index (χ4n) is 11.6. The van der Waals surface area contributed by atoms with Crippen LogP contribution in [-0.2, 0) is 14.3 Å². The highest BCUT2D eigenvalue weighted by atomic mass is 16.5. The second-order valence-electron chi connectivity index (χ2n) is 25.3. The first kappa shape index (κ1) is 79.1. The number of hydrogen-bond donors (Lipinski definition) is 3. The maximum Gasteiger partial charge on any atom is 0.305 e. The average molecular weight is 1140 g/mol. The minimum Gasteiger partial charge on any atom is -0.466 e. The SMILES string of the molecule is CCCCCCCCCCCCCCCCCCCCC/C=C/C(O)C(CO)NC(=O)CCCCCCCCCCCCCCC/C=C\C/C=C\CCCCCCCCCCCOC(=O)CCCCCCCCCCCCCCCC. The molecule has 6 nitrogen and oxygen atoms in total. The lowest BCUT2D eigenvalue weighted by Crippen LogP contribution is -2.45. The summed E-state index contributed by atoms with van der Waals surface area (Å²) in [5, 5.41) is 23.3. The quantitative estimate of drug-likeness (QED) is 0.0320. The molecule has 6 heteroatoms. The van der Waals surface area contributed by atoms with E-state index in [0.717, 1.165) is 44.9 Å². The van der Waals surface area contributed by atoms with E-state index in [0.29, 0.717) is 19.4 Å². The van der Waals surface area contributed by atoms with Gasteiger partial charge in [-0.15, -0.1) is 0 Å². The van der Waals surface area contributed by atoms with Gasteiger partial charge in [0.2, 0.25) is 5.91 Å². The summed E-state index contributed by atoms with van der Waals surface area (Å²) in [6.07, 6.45) is 90.9. The number of aliphatic hydroxyl groups excluding tert-OH is 2. The van der Waals surface area contributed by atoms with Crippen molar-refractivity contribution in [2.24, 2.45) is 0 Å². The van der Waals surface area contributed by atoms with Crippen LogP contribution >= 0.6 is 0 Å². The van der Waals surface area contributed by atoms with Crippen molar-refractivity contribution in [1.29, 1.82) is 0 Å². The Morgan fingerprint density at radius 3 is 0.938 bits per heavy atom. The van der Waals surface area contributed by atoms with Gasteiger partial charge in [0.15, 0.2) is 0 Å². The molecule has 0 spiro atoms. The van der Waals surface area contributed by atoms with Gasteiger partial charge in [-0.2, -0.15) is 0 Å². The van der Waals surface area contributed by atoms with Crippen LogP contribution in [0.3, 0.4) is 0 Å². The van der Waals surface area contributed by atoms with E-state index in [-0.39, 0.29) is 18.5 Å². The van der Waals surface area contributed by atoms with E-state index in [1.807, 2.05) is 6.08 Å². The minimum absolute atomic E-state index is 0.0145. The summed E-state index contributed by atoms with van der Waals surface area (Å²) in [5.41, 5.74) is 0. The molecule has 81 heavy (non-hydrogen) atoms. The third-order valence-electron chi connectivity index (χ3n) is 17.2. The van der Waals surface area contributed by atoms with Crippen LogP contribution in [0.4, 0.5) is 0 Å². The van der Waals surface area contributed by atoms with Gasteiger partial charge in [0, 0.05) is 12.8 Å². The van der Waals surface area contributed by atoms with Crippen molar-refractivity contribution in [3.63, 3.8) is 0 Å². The molecule has 0 aromatic rings. The van der Waals surface area contributed by atoms with Gasteiger partial charge < -0.3 is 20.3 Å². The van der Waals surface area contributed by atoms with Crippen molar-refractivity contribution in [2.75, 3.05) is 13.2 Å². The minimum atomic E-state index is -0.846. The standard InChI is InChI=1S/C75H143NO5/c1-3-5-7-9-11-13-15-17-19-20-21-31-34-37-40-43-47-51-55-59-63-67-73(78)72(71-77)76-74(79)68-64-60-56-52-48-44-41-38-35-32-29-27-25-23-22-24-26-28-30-33-36-39-42-46-50-54-58-62-66-70-81-75(80)69-65-61-57-53-49-45-18-16-14-12-10-8-6-4-2/h22,24,28,30,63,67,72-73,77-78H,3-21,23,25-27,29,31-62,64-66,68-71H2,1-2H3,(H,76,79)/b24-22-,30-28-,67-63+. The van der Waals surface area contributed by atoms with Crippen molar-refractivity contribution in [1.82, 2.24) is 5.32 Å². The molecule has 0 heterocycles. The highest BCUT2D eigenvalue weighted by Gasteiger charge is 2.18. The van der Waals surface area contributed by atoms with E-state index in [2.05, 4.69) is 43.5 Å². The number of rotatable bonds is 69. The van der Waals surface area contributed by atoms with E-state index in [9.17, 15) is 19.8 Å². The number of carbonyl (C=O) groups is 2. The van der Waals surface area contributed by atoms with E-state index < -0.39 is 12.1 Å². The van der Waals surface area contributed by atoms with Crippen LogP contribution in [0.2, 0.25) is 0 Å². The number of carbonyl (C=O) groups excluding carboxylic acids is 2. The number of esters is 1. The van der Waals surface area contributed by atoms with Crippen LogP contribution in [0.1, 0.15) is 406 Å². The maximum atomic E-state index is 12.5. The molecule has 0 bridgehead atoms. The molecule has 0 radical (unpaired) electrons. The highest BCUT2D eigenvalue weighted by molar-refractivity contribution is 5.76. The summed E-state index contributed by atoms with van der Waals surface area (Å²) >= 11 is 0. The molecule has 0 aromatic heterocycles. The summed E-state index contributed by atoms with van der Waals surface area (Å²) < 4.78 is 5.49. The van der Waals surface area contributed by atoms with Crippen molar-refractivity contribution in [3.05, 3.63) is 36.5 Å². The molecule has 3 N–H and O–H groups in total. The second kappa shape index (κ2) is 70.6. The Balaban J connectivity index is 3.42. The predicted octanol–water partition coefficient (Wildman–Crippen LogP) is 23.9. The van der Waals surface area contributed by atoms with Crippen molar-refractivity contribution >= 4 is 11.9 Å². The molecular weight excluding hydrogens is 995 g/mol. The number of aliphatic hydroxyl groups is 2. The first-order valence-electron chi connectivity index (χ1n) is 36.8. The molecule has 2 unspecified atom stereocenters. The smallest absolute Gasteiger partial charge is 0.305 e. The summed E-state index contributed by atoms with van der Waals surface area (Å²) in [6, 6.07) is -0.630. The lowest BCUT2D eigenvalue weighted by molar-refractivity contribution is -0.143. The lowest BCUT2D eigenvalue weighted by atomic mass is 10.0. The van der Waals surface area contributed by atoms with Gasteiger partial charge in [-0.1, -0.05) is 365 Å². The van der Waals surface area contributed by atoms with Crippen LogP contribution in [0.5, 0.6) is 0 Å². The summed E-state index contributed by atoms with van der Waals surface area (Å²) in [5.74, 6) is -0.0506. The third-order valence-corrected chi connectivity index (χ3v) is 17.2. The molecule has 1 amide bonds. The highest BCUT2D eigenvalue weighted by Crippen LogP contribution is 2.19. The molecule has 0 aliphatic heterocycles. The van der Waals surface area contributed by atoms with Crippen molar-refractivity contribution in [3.8, 4) is 0 Å². The number of ether oxygens (including phenoxy) is 1. The number of nitrogens with one attached hydrogen (secondary N) is 1. The van der Waals surface area contributed by atoms with Gasteiger partial charge in [0.25, 0.3) is 0 Å². The van der Waals surface area contributed by atoms with Gasteiger partial charge in [-0.3, -0.25) is 9.59 Å². The van der Waals surface area contributed by atoms with Gasteiger partial charge in [-0.25, -0.2) is 0 Å². The van der Waals surface area contributed by atoms with Crippen LogP contribution < -0.4 is 5.32 Å². The van der Waals surface area contributed by atoms with Crippen LogP contribution in [-0.4, -0.2) is 47.4 Å². The van der Waals surface area contributed by atoms with Gasteiger partial charge >= 0.3 is 5.97 Å². The Kier molecular flexibility index (Phi) is 68.9. The monoisotopic (exact) mass is 1140 g/mol. The Labute approximate surface area is 506 Å². The van der Waals surface area contributed by atoms with E-state index in [1.54, 1.807) is 6.08 Å². The Morgan fingerprint density at radius 1 is 0.346 bits per heavy atom. The van der Waals surface area contributed by atoms with Crippen LogP contribution in [0.15, 0.2) is 36.5 Å². The molecule has 0 saturated carbocycles. The first-order valence-corrected chi connectivity index (χ1v) is 36.8. The molecule has 2 atom stereocenters. The van der Waals surface area contributed by atoms with Gasteiger partial charge in [-0.05, 0) is 64.2 Å². The van der Waals surface area contributed by atoms with E-state index in [4.69, 9.17) is 4.74 Å². The fraction of sp³-hybridized carbons (Fsp3) is 0.893. The summed E-state index contributed by atoms with van der Waals surface area (Å²) in [4.78, 5) is 24.6. The van der Waals surface area contributed by atoms with Crippen LogP contribution in [0.25, 0.3) is 0 Å². The van der Waals surface area contributed by atoms with Crippen molar-refractivity contribution < 1.29 is 24.5 Å². The first-order chi connectivity index (χ1) is 40.0. The number of hydrogen-bond acceptors (Lipinski definition) is 5. The molecule has 0 saturated heterocycles. The zero-order chi connectivity index (χ0) is 58.5. The Hall–Kier alpha value is -1.92. The lowest BCUT2D eigenvalue weighted by Gasteiger charge is -2.20. The molecule has 0 aliphatic carbocycles. The van der Waals surface area contributed by atoms with Crippen molar-refractivity contribution in [2.45, 2.75) is 418 Å². The molecule has 0 aliphatic rings. The Bertz CT molecular complexity index is 1310. The summed E-state index contributed by atoms with van der Waals surface area (Å²) in [7, 11) is 0. The fourth-order valence-corrected chi connectivity index (χ4v) is 11.6. The summed E-state index contributed by atoms with van der Waals surface area (Å²) in [6.45, 7) is 4.94. The predicted molar refractivity (Wildman–Crippen MR) is 356 cm³/mol. The molecule has 0 fully saturated rings. The Morgan fingerprint density at radius 2 is 0.617 bits per heavy atom. The molecule has 478 valence electrons. The van der Waals surface area contributed by atoms with Gasteiger partial charge in [0.1, 0.15) is 0 Å². The average Bonchev–Trinajstić information content (AvgIpc) is 3.47. The van der Waals surface area contributed by atoms with E-state index >= 15 is 0 Å². The third kappa shape index (κ3) is 67.1. The van der Waals surface area contributed by atoms with E-state index in [1.165, 1.54) is 334 Å². The van der Waals surface area contributed by atoms with Crippen LogP contribution in [0, 0.1) is 0 Å². The largest absolute Gasteiger partial charge is 0.466 e. The zero-order valence-electron chi connectivity index (χ0n) is 54.8. The maximum absolute atomic E-state index is 12.5. The topological polar surface area (TPSA) is 95.9 Å². The second-order valence-corrected chi connectivity index (χ2v) is 25.3. The number of amides is 1. The number of allylic oxidation sites excluding steroid dienone is 5. The molecule has 0 aromatic carbocycles. The molecular formula is C75H143NO5. The molecule has 0 rings (SSSR count). The normalized spacial score (nSPS) is 12.7. The number of unbranched alkanes of at least 4 members (excludes halogenated alkanes) is 54. The zero-order valence-corrected chi connectivity index (χ0v) is 54.8. The van der Waals surface area contributed by atoms with Gasteiger partial charge in [0.05, 0.1) is 25.4 Å².